The van der Waals surface area contributed by atoms with Crippen LogP contribution >= 0.6 is 0 Å². The van der Waals surface area contributed by atoms with Crippen LogP contribution in [0.15, 0.2) is 51.8 Å². The standard InChI is InChI=1S/C14H9NO3/c16-8-9-4-5-13(18-9)11-2-1-3-12-10(11)6-7-15-14(12)17/h1-8H,(H,15,17). The monoisotopic (exact) mass is 239 g/mol. The molecule has 0 aliphatic carbocycles. The maximum atomic E-state index is 11.7. The zero-order chi connectivity index (χ0) is 12.5. The summed E-state index contributed by atoms with van der Waals surface area (Å²) in [6, 6.07) is 10.5. The predicted octanol–water partition coefficient (Wildman–Crippen LogP) is 2.60. The molecule has 0 bridgehead atoms. The zero-order valence-electron chi connectivity index (χ0n) is 9.34. The molecule has 0 amide bonds. The number of carbonyl (C=O) groups is 1. The lowest BCUT2D eigenvalue weighted by Gasteiger charge is -2.02. The maximum absolute atomic E-state index is 11.7. The molecule has 1 N–H and O–H groups in total. The van der Waals surface area contributed by atoms with Crippen LogP contribution < -0.4 is 5.56 Å². The minimum atomic E-state index is -0.142. The first-order valence-corrected chi connectivity index (χ1v) is 5.45. The number of carbonyl (C=O) groups excluding carboxylic acids is 1. The van der Waals surface area contributed by atoms with Crippen molar-refractivity contribution in [3.63, 3.8) is 0 Å². The van der Waals surface area contributed by atoms with Gasteiger partial charge in [-0.05, 0) is 29.7 Å². The zero-order valence-corrected chi connectivity index (χ0v) is 9.34. The molecule has 0 atom stereocenters. The van der Waals surface area contributed by atoms with Crippen molar-refractivity contribution < 1.29 is 9.21 Å². The van der Waals surface area contributed by atoms with Crippen LogP contribution in [0.25, 0.3) is 22.1 Å². The molecule has 18 heavy (non-hydrogen) atoms. The van der Waals surface area contributed by atoms with Crippen molar-refractivity contribution in [3.05, 3.63) is 58.7 Å². The molecule has 4 nitrogen and oxygen atoms in total. The number of hydrogen-bond acceptors (Lipinski definition) is 3. The Kier molecular flexibility index (Phi) is 2.34. The third kappa shape index (κ3) is 1.55. The van der Waals surface area contributed by atoms with E-state index in [1.165, 1.54) is 0 Å². The van der Waals surface area contributed by atoms with Crippen molar-refractivity contribution in [1.82, 2.24) is 4.98 Å². The molecule has 0 unspecified atom stereocenters. The van der Waals surface area contributed by atoms with Crippen LogP contribution in [0.4, 0.5) is 0 Å². The normalized spacial score (nSPS) is 10.7. The first-order chi connectivity index (χ1) is 8.79. The number of aromatic amines is 1. The van der Waals surface area contributed by atoms with Gasteiger partial charge in [0.1, 0.15) is 5.76 Å². The Hall–Kier alpha value is -2.62. The Balaban J connectivity index is 2.32. The number of H-pyrrole nitrogens is 1. The number of aromatic nitrogens is 1. The topological polar surface area (TPSA) is 63.1 Å². The number of aldehydes is 1. The summed E-state index contributed by atoms with van der Waals surface area (Å²) >= 11 is 0. The molecule has 3 aromatic rings. The van der Waals surface area contributed by atoms with Gasteiger partial charge < -0.3 is 9.40 Å². The first-order valence-electron chi connectivity index (χ1n) is 5.45. The highest BCUT2D eigenvalue weighted by Gasteiger charge is 2.09. The Labute approximate surface area is 102 Å². The van der Waals surface area contributed by atoms with Gasteiger partial charge in [0.2, 0.25) is 0 Å². The van der Waals surface area contributed by atoms with Crippen LogP contribution in [-0.4, -0.2) is 11.3 Å². The fourth-order valence-electron chi connectivity index (χ4n) is 2.00. The summed E-state index contributed by atoms with van der Waals surface area (Å²) in [5.74, 6) is 0.847. The van der Waals surface area contributed by atoms with E-state index in [-0.39, 0.29) is 11.3 Å². The highest BCUT2D eigenvalue weighted by atomic mass is 16.3. The Morgan fingerprint density at radius 3 is 2.72 bits per heavy atom. The van der Waals surface area contributed by atoms with E-state index in [9.17, 15) is 9.59 Å². The van der Waals surface area contributed by atoms with E-state index in [2.05, 4.69) is 4.98 Å². The molecule has 0 aliphatic heterocycles. The smallest absolute Gasteiger partial charge is 0.255 e. The van der Waals surface area contributed by atoms with Crippen molar-refractivity contribution in [2.45, 2.75) is 0 Å². The molecule has 0 spiro atoms. The van der Waals surface area contributed by atoms with Crippen molar-refractivity contribution in [2.75, 3.05) is 0 Å². The number of rotatable bonds is 2. The van der Waals surface area contributed by atoms with Crippen LogP contribution in [0.5, 0.6) is 0 Å². The molecule has 88 valence electrons. The fourth-order valence-corrected chi connectivity index (χ4v) is 2.00. The van der Waals surface area contributed by atoms with Gasteiger partial charge in [-0.25, -0.2) is 0 Å². The van der Waals surface area contributed by atoms with E-state index in [1.54, 1.807) is 30.5 Å². The third-order valence-electron chi connectivity index (χ3n) is 2.82. The van der Waals surface area contributed by atoms with E-state index >= 15 is 0 Å². The molecule has 0 saturated carbocycles. The molecule has 2 aromatic heterocycles. The van der Waals surface area contributed by atoms with Gasteiger partial charge in [0.05, 0.1) is 0 Å². The average molecular weight is 239 g/mol. The lowest BCUT2D eigenvalue weighted by atomic mass is 10.0. The number of hydrogen-bond donors (Lipinski definition) is 1. The lowest BCUT2D eigenvalue weighted by Crippen LogP contribution is -2.04. The summed E-state index contributed by atoms with van der Waals surface area (Å²) in [7, 11) is 0. The van der Waals surface area contributed by atoms with Crippen LogP contribution in [0.3, 0.4) is 0 Å². The van der Waals surface area contributed by atoms with E-state index in [4.69, 9.17) is 4.42 Å². The largest absolute Gasteiger partial charge is 0.453 e. The van der Waals surface area contributed by atoms with Gasteiger partial charge >= 0.3 is 0 Å². The second-order valence-electron chi connectivity index (χ2n) is 3.89. The van der Waals surface area contributed by atoms with Gasteiger partial charge in [0.25, 0.3) is 5.56 Å². The van der Waals surface area contributed by atoms with Crippen LogP contribution in [-0.2, 0) is 0 Å². The molecular formula is C14H9NO3. The Morgan fingerprint density at radius 1 is 1.06 bits per heavy atom. The summed E-state index contributed by atoms with van der Waals surface area (Å²) in [5.41, 5.74) is 0.656. The lowest BCUT2D eigenvalue weighted by molar-refractivity contribution is 0.110. The minimum absolute atomic E-state index is 0.142. The van der Waals surface area contributed by atoms with Crippen LogP contribution in [0.2, 0.25) is 0 Å². The van der Waals surface area contributed by atoms with Gasteiger partial charge in [0.15, 0.2) is 12.0 Å². The fraction of sp³-hybridized carbons (Fsp3) is 0. The van der Waals surface area contributed by atoms with Gasteiger partial charge in [-0.15, -0.1) is 0 Å². The van der Waals surface area contributed by atoms with Gasteiger partial charge in [-0.2, -0.15) is 0 Å². The van der Waals surface area contributed by atoms with E-state index in [0.717, 1.165) is 10.9 Å². The summed E-state index contributed by atoms with van der Waals surface area (Å²) < 4.78 is 5.39. The van der Waals surface area contributed by atoms with Crippen LogP contribution in [0, 0.1) is 0 Å². The number of benzene rings is 1. The number of furan rings is 1. The highest BCUT2D eigenvalue weighted by molar-refractivity contribution is 5.95. The second kappa shape index (κ2) is 4.00. The molecule has 3 rings (SSSR count). The average Bonchev–Trinajstić information content (AvgIpc) is 2.87. The Morgan fingerprint density at radius 2 is 1.94 bits per heavy atom. The Bertz CT molecular complexity index is 783. The van der Waals surface area contributed by atoms with Crippen molar-refractivity contribution >= 4 is 17.1 Å². The highest BCUT2D eigenvalue weighted by Crippen LogP contribution is 2.28. The second-order valence-corrected chi connectivity index (χ2v) is 3.89. The van der Waals surface area contributed by atoms with Gasteiger partial charge in [0, 0.05) is 17.1 Å². The van der Waals surface area contributed by atoms with Gasteiger partial charge in [-0.3, -0.25) is 9.59 Å². The molecule has 0 fully saturated rings. The van der Waals surface area contributed by atoms with Crippen molar-refractivity contribution in [3.8, 4) is 11.3 Å². The molecule has 0 saturated heterocycles. The summed E-state index contributed by atoms with van der Waals surface area (Å²) in [4.78, 5) is 24.9. The maximum Gasteiger partial charge on any atom is 0.255 e. The number of nitrogens with one attached hydrogen (secondary N) is 1. The van der Waals surface area contributed by atoms with Crippen LogP contribution in [0.1, 0.15) is 10.6 Å². The van der Waals surface area contributed by atoms with Gasteiger partial charge in [-0.1, -0.05) is 12.1 Å². The molecular weight excluding hydrogens is 230 g/mol. The third-order valence-corrected chi connectivity index (χ3v) is 2.82. The molecule has 1 aromatic carbocycles. The van der Waals surface area contributed by atoms with E-state index in [1.807, 2.05) is 12.1 Å². The first kappa shape index (κ1) is 10.5. The predicted molar refractivity (Wildman–Crippen MR) is 67.7 cm³/mol. The summed E-state index contributed by atoms with van der Waals surface area (Å²) in [6.45, 7) is 0. The number of pyridine rings is 1. The van der Waals surface area contributed by atoms with Crippen molar-refractivity contribution in [1.29, 1.82) is 0 Å². The molecule has 4 heteroatoms. The molecule has 0 aliphatic rings. The van der Waals surface area contributed by atoms with Crippen molar-refractivity contribution in [2.24, 2.45) is 0 Å². The molecule has 2 heterocycles. The SMILES string of the molecule is O=Cc1ccc(-c2cccc3c(=O)[nH]ccc23)o1. The van der Waals surface area contributed by atoms with E-state index < -0.39 is 0 Å². The summed E-state index contributed by atoms with van der Waals surface area (Å²) in [6.07, 6.45) is 2.25. The van der Waals surface area contributed by atoms with E-state index in [0.29, 0.717) is 17.4 Å². The quantitative estimate of drug-likeness (QED) is 0.699. The summed E-state index contributed by atoms with van der Waals surface area (Å²) in [5, 5.41) is 1.40. The minimum Gasteiger partial charge on any atom is -0.453 e. The number of fused-ring (bicyclic) bond motifs is 1. The molecule has 0 radical (unpaired) electrons.